The van der Waals surface area contributed by atoms with E-state index in [2.05, 4.69) is 28.2 Å². The Balaban J connectivity index is 1.89. The van der Waals surface area contributed by atoms with Gasteiger partial charge in [0, 0.05) is 10.3 Å². The maximum Gasteiger partial charge on any atom is 0.319 e. The van der Waals surface area contributed by atoms with Gasteiger partial charge in [-0.1, -0.05) is 42.1 Å². The van der Waals surface area contributed by atoms with Crippen molar-refractivity contribution >= 4 is 39.3 Å². The Morgan fingerprint density at radius 1 is 1.17 bits per heavy atom. The predicted molar refractivity (Wildman–Crippen MR) is 99.4 cm³/mol. The molecule has 0 aliphatic rings. The molecular weight excluding hydrogens is 340 g/mol. The van der Waals surface area contributed by atoms with Gasteiger partial charge in [0.1, 0.15) is 21.4 Å². The number of ether oxygens (including phenoxy) is 1. The molecule has 1 aromatic carbocycles. The number of esters is 1. The molecule has 2 heterocycles. The average molecular weight is 358 g/mol. The molecule has 0 unspecified atom stereocenters. The summed E-state index contributed by atoms with van der Waals surface area (Å²) in [5, 5.41) is 1.48. The summed E-state index contributed by atoms with van der Waals surface area (Å²) in [6, 6.07) is 12.3. The summed E-state index contributed by atoms with van der Waals surface area (Å²) in [4.78, 5) is 22.8. The van der Waals surface area contributed by atoms with Crippen LogP contribution in [0.1, 0.15) is 20.8 Å². The lowest BCUT2D eigenvalue weighted by molar-refractivity contribution is -0.146. The van der Waals surface area contributed by atoms with Gasteiger partial charge in [-0.05, 0) is 32.4 Å². The Morgan fingerprint density at radius 3 is 2.62 bits per heavy atom. The summed E-state index contributed by atoms with van der Waals surface area (Å²) >= 11 is 3.04. The Morgan fingerprint density at radius 2 is 1.92 bits per heavy atom. The number of carbonyl (C=O) groups is 1. The van der Waals surface area contributed by atoms with Crippen LogP contribution in [-0.2, 0) is 9.53 Å². The molecule has 0 fully saturated rings. The minimum atomic E-state index is -0.314. The number of nitrogens with zero attached hydrogens (tertiary/aromatic N) is 2. The zero-order valence-electron chi connectivity index (χ0n) is 13.7. The molecule has 124 valence electrons. The van der Waals surface area contributed by atoms with Crippen LogP contribution in [0.5, 0.6) is 0 Å². The fraction of sp³-hybridized carbons (Fsp3) is 0.278. The summed E-state index contributed by atoms with van der Waals surface area (Å²) in [5.41, 5.74) is 1.16. The first kappa shape index (κ1) is 16.9. The lowest BCUT2D eigenvalue weighted by Gasteiger charge is -2.13. The highest BCUT2D eigenvalue weighted by Crippen LogP contribution is 2.37. The second-order valence-electron chi connectivity index (χ2n) is 5.62. The van der Waals surface area contributed by atoms with Crippen LogP contribution in [0.2, 0.25) is 0 Å². The number of hydrogen-bond acceptors (Lipinski definition) is 6. The topological polar surface area (TPSA) is 52.1 Å². The summed E-state index contributed by atoms with van der Waals surface area (Å²) in [7, 11) is 0. The number of aromatic nitrogens is 2. The minimum absolute atomic E-state index is 0.114. The van der Waals surface area contributed by atoms with E-state index in [1.54, 1.807) is 17.7 Å². The van der Waals surface area contributed by atoms with Crippen LogP contribution in [0.3, 0.4) is 0 Å². The molecule has 0 aliphatic carbocycles. The maximum atomic E-state index is 12.0. The third-order valence-electron chi connectivity index (χ3n) is 3.32. The van der Waals surface area contributed by atoms with Gasteiger partial charge in [0.25, 0.3) is 0 Å². The number of carbonyl (C=O) groups excluding carboxylic acids is 1. The molecule has 0 aliphatic heterocycles. The van der Waals surface area contributed by atoms with Gasteiger partial charge in [-0.15, -0.1) is 11.3 Å². The first-order valence-electron chi connectivity index (χ1n) is 7.71. The second-order valence-corrected chi connectivity index (χ2v) is 7.98. The van der Waals surface area contributed by atoms with Crippen LogP contribution in [0.15, 0.2) is 47.8 Å². The van der Waals surface area contributed by atoms with Crippen LogP contribution in [0, 0.1) is 0 Å². The van der Waals surface area contributed by atoms with Gasteiger partial charge in [0.2, 0.25) is 0 Å². The van der Waals surface area contributed by atoms with Gasteiger partial charge in [-0.2, -0.15) is 0 Å². The highest BCUT2D eigenvalue weighted by atomic mass is 32.2. The van der Waals surface area contributed by atoms with E-state index < -0.39 is 0 Å². The Bertz CT molecular complexity index is 847. The first-order valence-corrected chi connectivity index (χ1v) is 9.41. The number of fused-ring (bicyclic) bond motifs is 1. The van der Waals surface area contributed by atoms with E-state index in [1.165, 1.54) is 11.8 Å². The van der Waals surface area contributed by atoms with E-state index in [-0.39, 0.29) is 17.3 Å². The van der Waals surface area contributed by atoms with E-state index in [9.17, 15) is 4.79 Å². The van der Waals surface area contributed by atoms with Gasteiger partial charge in [0.15, 0.2) is 0 Å². The summed E-state index contributed by atoms with van der Waals surface area (Å²) in [5.74, 6) is -0.222. The third-order valence-corrected chi connectivity index (χ3v) is 5.51. The normalized spacial score (nSPS) is 12.5. The molecule has 0 saturated carbocycles. The molecule has 6 heteroatoms. The molecule has 0 N–H and O–H groups in total. The smallest absolute Gasteiger partial charge is 0.319 e. The lowest BCUT2D eigenvalue weighted by Crippen LogP contribution is -2.20. The van der Waals surface area contributed by atoms with Crippen molar-refractivity contribution in [2.45, 2.75) is 37.2 Å². The van der Waals surface area contributed by atoms with Gasteiger partial charge >= 0.3 is 5.97 Å². The van der Waals surface area contributed by atoms with E-state index in [0.29, 0.717) is 0 Å². The predicted octanol–water partition coefficient (Wildman–Crippen LogP) is 4.79. The van der Waals surface area contributed by atoms with Crippen molar-refractivity contribution in [2.24, 2.45) is 0 Å². The fourth-order valence-electron chi connectivity index (χ4n) is 2.22. The Kier molecular flexibility index (Phi) is 5.16. The standard InChI is InChI=1S/C18H18N2O2S2/c1-11(2)22-18(21)12(3)23-16-14-9-15(13-7-5-4-6-8-13)24-17(14)20-10-19-16/h4-12H,1-3H3/t12-/m0/s1. The summed E-state index contributed by atoms with van der Waals surface area (Å²) < 4.78 is 5.27. The molecule has 3 rings (SSSR count). The summed E-state index contributed by atoms with van der Waals surface area (Å²) in [6.07, 6.45) is 1.44. The monoisotopic (exact) mass is 358 g/mol. The molecule has 4 nitrogen and oxygen atoms in total. The maximum absolute atomic E-state index is 12.0. The van der Waals surface area contributed by atoms with E-state index in [4.69, 9.17) is 4.74 Å². The quantitative estimate of drug-likeness (QED) is 0.373. The average Bonchev–Trinajstić information content (AvgIpc) is 3.00. The van der Waals surface area contributed by atoms with Crippen molar-refractivity contribution in [2.75, 3.05) is 0 Å². The highest BCUT2D eigenvalue weighted by Gasteiger charge is 2.20. The van der Waals surface area contributed by atoms with Crippen LogP contribution in [0.4, 0.5) is 0 Å². The highest BCUT2D eigenvalue weighted by molar-refractivity contribution is 8.00. The number of thiophene rings is 1. The molecule has 0 saturated heterocycles. The molecule has 2 aromatic heterocycles. The molecule has 1 atom stereocenters. The number of benzene rings is 1. The van der Waals surface area contributed by atoms with Crippen LogP contribution in [-0.4, -0.2) is 27.3 Å². The van der Waals surface area contributed by atoms with Crippen molar-refractivity contribution in [1.29, 1.82) is 0 Å². The second kappa shape index (κ2) is 7.32. The molecule has 0 amide bonds. The Labute approximate surface area is 149 Å². The number of thioether (sulfide) groups is 1. The first-order chi connectivity index (χ1) is 11.5. The molecular formula is C18H18N2O2S2. The van der Waals surface area contributed by atoms with Crippen molar-refractivity contribution < 1.29 is 9.53 Å². The van der Waals surface area contributed by atoms with Crippen molar-refractivity contribution in [1.82, 2.24) is 9.97 Å². The SMILES string of the molecule is CC(C)OC(=O)[C@H](C)Sc1ncnc2sc(-c3ccccc3)cc12. The molecule has 0 spiro atoms. The Hall–Kier alpha value is -1.92. The number of rotatable bonds is 5. The molecule has 0 radical (unpaired) electrons. The van der Waals surface area contributed by atoms with E-state index in [1.807, 2.05) is 39.0 Å². The van der Waals surface area contributed by atoms with Crippen molar-refractivity contribution in [3.63, 3.8) is 0 Å². The van der Waals surface area contributed by atoms with Gasteiger partial charge in [-0.3, -0.25) is 4.79 Å². The zero-order chi connectivity index (χ0) is 17.1. The van der Waals surface area contributed by atoms with E-state index >= 15 is 0 Å². The van der Waals surface area contributed by atoms with Crippen LogP contribution < -0.4 is 0 Å². The van der Waals surface area contributed by atoms with E-state index in [0.717, 1.165) is 25.7 Å². The zero-order valence-corrected chi connectivity index (χ0v) is 15.4. The van der Waals surface area contributed by atoms with Crippen molar-refractivity contribution in [3.8, 4) is 10.4 Å². The molecule has 24 heavy (non-hydrogen) atoms. The van der Waals surface area contributed by atoms with Gasteiger partial charge < -0.3 is 4.74 Å². The molecule has 3 aromatic rings. The fourth-order valence-corrected chi connectivity index (χ4v) is 4.16. The van der Waals surface area contributed by atoms with Gasteiger partial charge in [0.05, 0.1) is 6.10 Å². The minimum Gasteiger partial charge on any atom is -0.462 e. The van der Waals surface area contributed by atoms with Crippen molar-refractivity contribution in [3.05, 3.63) is 42.7 Å². The third kappa shape index (κ3) is 3.76. The lowest BCUT2D eigenvalue weighted by atomic mass is 10.2. The molecule has 0 bridgehead atoms. The summed E-state index contributed by atoms with van der Waals surface area (Å²) in [6.45, 7) is 5.54. The van der Waals surface area contributed by atoms with Gasteiger partial charge in [-0.25, -0.2) is 9.97 Å². The number of hydrogen-bond donors (Lipinski definition) is 0. The van der Waals surface area contributed by atoms with Crippen LogP contribution in [0.25, 0.3) is 20.7 Å². The van der Waals surface area contributed by atoms with Crippen LogP contribution >= 0.6 is 23.1 Å². The largest absolute Gasteiger partial charge is 0.462 e.